The molecule has 0 aliphatic rings. The van der Waals surface area contributed by atoms with Gasteiger partial charge in [0, 0.05) is 25.9 Å². The fraction of sp³-hybridized carbons (Fsp3) is 0.375. The minimum Gasteiger partial charge on any atom is -0.493 e. The van der Waals surface area contributed by atoms with Crippen molar-refractivity contribution in [1.29, 1.82) is 0 Å². The predicted molar refractivity (Wildman–Crippen MR) is 151 cm³/mol. The summed E-state index contributed by atoms with van der Waals surface area (Å²) >= 11 is 0. The van der Waals surface area contributed by atoms with Crippen LogP contribution in [-0.2, 0) is 24.2 Å². The minimum absolute atomic E-state index is 0.133. The standard InChI is InChI=1S/C32H39N3O2/c1-25-13-11-14-26(2)32(25)37-24-12-23-35-29-18-9-8-17-28(29)34-30(35)19-7-4-10-22-33-31(36)21-20-27-15-5-3-6-16-27/h3,5-6,8-9,11,13-18H,4,7,10,12,19-24H2,1-2H3,(H,33,36). The van der Waals surface area contributed by atoms with Crippen molar-refractivity contribution in [2.75, 3.05) is 13.2 Å². The van der Waals surface area contributed by atoms with Gasteiger partial charge in [-0.25, -0.2) is 4.98 Å². The van der Waals surface area contributed by atoms with E-state index in [0.717, 1.165) is 68.7 Å². The molecule has 4 aromatic rings. The Labute approximate surface area is 220 Å². The van der Waals surface area contributed by atoms with Crippen LogP contribution in [0.3, 0.4) is 0 Å². The lowest BCUT2D eigenvalue weighted by atomic mass is 10.1. The van der Waals surface area contributed by atoms with E-state index in [2.05, 4.69) is 72.3 Å². The quantitative estimate of drug-likeness (QED) is 0.200. The zero-order chi connectivity index (χ0) is 25.9. The van der Waals surface area contributed by atoms with Crippen LogP contribution in [0.15, 0.2) is 72.8 Å². The highest BCUT2D eigenvalue weighted by atomic mass is 16.5. The molecule has 3 aromatic carbocycles. The Hall–Kier alpha value is -3.60. The van der Waals surface area contributed by atoms with E-state index in [9.17, 15) is 4.79 Å². The maximum atomic E-state index is 12.1. The number of unbranched alkanes of at least 4 members (excludes halogenated alkanes) is 2. The van der Waals surface area contributed by atoms with Crippen LogP contribution in [0.5, 0.6) is 5.75 Å². The van der Waals surface area contributed by atoms with Crippen LogP contribution < -0.4 is 10.1 Å². The summed E-state index contributed by atoms with van der Waals surface area (Å²) in [6, 6.07) is 24.8. The van der Waals surface area contributed by atoms with Crippen LogP contribution in [0.25, 0.3) is 11.0 Å². The van der Waals surface area contributed by atoms with Gasteiger partial charge in [0.15, 0.2) is 0 Å². The third kappa shape index (κ3) is 7.69. The largest absolute Gasteiger partial charge is 0.493 e. The number of imidazole rings is 1. The fourth-order valence-corrected chi connectivity index (χ4v) is 4.79. The Balaban J connectivity index is 1.20. The number of carbonyl (C=O) groups is 1. The molecule has 0 saturated heterocycles. The molecule has 0 aliphatic heterocycles. The Kier molecular flexibility index (Phi) is 9.75. The maximum absolute atomic E-state index is 12.1. The van der Waals surface area contributed by atoms with Gasteiger partial charge in [0.05, 0.1) is 17.6 Å². The van der Waals surface area contributed by atoms with Gasteiger partial charge in [-0.05, 0) is 68.4 Å². The second kappa shape index (κ2) is 13.6. The summed E-state index contributed by atoms with van der Waals surface area (Å²) in [5.74, 6) is 2.28. The Bertz CT molecular complexity index is 1260. The summed E-state index contributed by atoms with van der Waals surface area (Å²) < 4.78 is 8.49. The molecule has 37 heavy (non-hydrogen) atoms. The Morgan fingerprint density at radius 3 is 2.41 bits per heavy atom. The first-order valence-electron chi connectivity index (χ1n) is 13.6. The molecule has 1 aromatic heterocycles. The molecule has 0 unspecified atom stereocenters. The van der Waals surface area contributed by atoms with Crippen molar-refractivity contribution in [3.63, 3.8) is 0 Å². The van der Waals surface area contributed by atoms with E-state index in [1.165, 1.54) is 22.2 Å². The molecule has 194 valence electrons. The Morgan fingerprint density at radius 2 is 1.59 bits per heavy atom. The van der Waals surface area contributed by atoms with Crippen molar-refractivity contribution in [3.8, 4) is 5.75 Å². The van der Waals surface area contributed by atoms with Crippen molar-refractivity contribution in [2.45, 2.75) is 65.3 Å². The van der Waals surface area contributed by atoms with Crippen LogP contribution in [0.4, 0.5) is 0 Å². The topological polar surface area (TPSA) is 56.1 Å². The van der Waals surface area contributed by atoms with Crippen LogP contribution in [-0.4, -0.2) is 28.6 Å². The molecule has 4 rings (SSSR count). The summed E-state index contributed by atoms with van der Waals surface area (Å²) in [5.41, 5.74) is 5.81. The number of carbonyl (C=O) groups excluding carboxylic acids is 1. The number of nitrogens with one attached hydrogen (secondary N) is 1. The highest BCUT2D eigenvalue weighted by molar-refractivity contribution is 5.76. The van der Waals surface area contributed by atoms with Gasteiger partial charge >= 0.3 is 0 Å². The first-order chi connectivity index (χ1) is 18.1. The van der Waals surface area contributed by atoms with Gasteiger partial charge in [-0.2, -0.15) is 0 Å². The van der Waals surface area contributed by atoms with Gasteiger partial charge in [0.1, 0.15) is 11.6 Å². The predicted octanol–water partition coefficient (Wildman–Crippen LogP) is 6.58. The Morgan fingerprint density at radius 1 is 0.838 bits per heavy atom. The second-order valence-electron chi connectivity index (χ2n) is 9.74. The fourth-order valence-electron chi connectivity index (χ4n) is 4.79. The minimum atomic E-state index is 0.133. The van der Waals surface area contributed by atoms with Crippen molar-refractivity contribution in [3.05, 3.63) is 95.3 Å². The molecule has 0 spiro atoms. The number of aryl methyl sites for hydroxylation is 5. The number of hydrogen-bond acceptors (Lipinski definition) is 3. The van der Waals surface area contributed by atoms with E-state index >= 15 is 0 Å². The normalized spacial score (nSPS) is 11.1. The number of ether oxygens (including phenoxy) is 1. The molecule has 1 heterocycles. The lowest BCUT2D eigenvalue weighted by molar-refractivity contribution is -0.121. The van der Waals surface area contributed by atoms with E-state index < -0.39 is 0 Å². The molecule has 0 atom stereocenters. The van der Waals surface area contributed by atoms with Crippen LogP contribution in [0, 0.1) is 13.8 Å². The number of amides is 1. The van der Waals surface area contributed by atoms with Crippen molar-refractivity contribution < 1.29 is 9.53 Å². The lowest BCUT2D eigenvalue weighted by Gasteiger charge is -2.13. The SMILES string of the molecule is Cc1cccc(C)c1OCCCn1c(CCCCCNC(=O)CCc2ccccc2)nc2ccccc21. The smallest absolute Gasteiger partial charge is 0.220 e. The number of fused-ring (bicyclic) bond motifs is 1. The van der Waals surface area contributed by atoms with Gasteiger partial charge in [-0.1, -0.05) is 67.1 Å². The molecule has 5 nitrogen and oxygen atoms in total. The molecule has 0 saturated carbocycles. The lowest BCUT2D eigenvalue weighted by Crippen LogP contribution is -2.24. The van der Waals surface area contributed by atoms with Crippen LogP contribution in [0.1, 0.15) is 54.6 Å². The highest BCUT2D eigenvalue weighted by Crippen LogP contribution is 2.23. The third-order valence-electron chi connectivity index (χ3n) is 6.80. The zero-order valence-corrected chi connectivity index (χ0v) is 22.2. The molecule has 0 fully saturated rings. The molecule has 0 radical (unpaired) electrons. The van der Waals surface area contributed by atoms with E-state index in [1.807, 2.05) is 24.3 Å². The first-order valence-corrected chi connectivity index (χ1v) is 13.6. The van der Waals surface area contributed by atoms with Crippen molar-refractivity contribution >= 4 is 16.9 Å². The number of benzene rings is 3. The second-order valence-corrected chi connectivity index (χ2v) is 9.74. The number of para-hydroxylation sites is 3. The van der Waals surface area contributed by atoms with Gasteiger partial charge in [-0.15, -0.1) is 0 Å². The number of aromatic nitrogens is 2. The molecule has 5 heteroatoms. The molecular weight excluding hydrogens is 458 g/mol. The number of hydrogen-bond donors (Lipinski definition) is 1. The highest BCUT2D eigenvalue weighted by Gasteiger charge is 2.11. The van der Waals surface area contributed by atoms with Gasteiger partial charge in [0.2, 0.25) is 5.91 Å². The van der Waals surface area contributed by atoms with Crippen LogP contribution in [0.2, 0.25) is 0 Å². The van der Waals surface area contributed by atoms with E-state index in [-0.39, 0.29) is 5.91 Å². The average molecular weight is 498 g/mol. The van der Waals surface area contributed by atoms with Gasteiger partial charge < -0.3 is 14.6 Å². The molecular formula is C32H39N3O2. The van der Waals surface area contributed by atoms with Crippen molar-refractivity contribution in [1.82, 2.24) is 14.9 Å². The third-order valence-corrected chi connectivity index (χ3v) is 6.80. The maximum Gasteiger partial charge on any atom is 0.220 e. The summed E-state index contributed by atoms with van der Waals surface area (Å²) in [6.07, 6.45) is 6.31. The van der Waals surface area contributed by atoms with Gasteiger partial charge in [-0.3, -0.25) is 4.79 Å². The average Bonchev–Trinajstić information content (AvgIpc) is 3.26. The number of rotatable bonds is 14. The summed E-state index contributed by atoms with van der Waals surface area (Å²) in [4.78, 5) is 17.1. The van der Waals surface area contributed by atoms with E-state index in [1.54, 1.807) is 0 Å². The summed E-state index contributed by atoms with van der Waals surface area (Å²) in [5, 5.41) is 3.07. The molecule has 0 bridgehead atoms. The van der Waals surface area contributed by atoms with Crippen LogP contribution >= 0.6 is 0 Å². The number of nitrogens with zero attached hydrogens (tertiary/aromatic N) is 2. The van der Waals surface area contributed by atoms with Crippen molar-refractivity contribution in [2.24, 2.45) is 0 Å². The van der Waals surface area contributed by atoms with Gasteiger partial charge in [0.25, 0.3) is 0 Å². The summed E-state index contributed by atoms with van der Waals surface area (Å²) in [6.45, 7) is 6.50. The molecule has 0 aliphatic carbocycles. The summed E-state index contributed by atoms with van der Waals surface area (Å²) in [7, 11) is 0. The van der Waals surface area contributed by atoms with E-state index in [0.29, 0.717) is 13.0 Å². The van der Waals surface area contributed by atoms with E-state index in [4.69, 9.17) is 9.72 Å². The zero-order valence-electron chi connectivity index (χ0n) is 22.2. The molecule has 1 amide bonds. The first kappa shape index (κ1) is 26.5. The monoisotopic (exact) mass is 497 g/mol. The molecule has 1 N–H and O–H groups in total.